The first-order chi connectivity index (χ1) is 29.5. The molecule has 2 saturated carbocycles. The number of rotatable bonds is 12. The van der Waals surface area contributed by atoms with Crippen molar-refractivity contribution in [2.24, 2.45) is 10.8 Å². The number of aliphatic hydroxyl groups excluding tert-OH is 1. The zero-order valence-corrected chi connectivity index (χ0v) is 36.7. The van der Waals surface area contributed by atoms with Crippen LogP contribution < -0.4 is 20.1 Å². The second-order valence-corrected chi connectivity index (χ2v) is 19.1. The third-order valence-corrected chi connectivity index (χ3v) is 14.0. The third kappa shape index (κ3) is 8.07. The first kappa shape index (κ1) is 43.3. The number of imide groups is 1. The van der Waals surface area contributed by atoms with Crippen molar-refractivity contribution in [3.8, 4) is 17.6 Å². The molecule has 3 aromatic carbocycles. The molecule has 3 aliphatic heterocycles. The Labute approximate surface area is 363 Å². The van der Waals surface area contributed by atoms with Gasteiger partial charge in [-0.25, -0.2) is 0 Å². The number of carbonyl (C=O) groups is 4. The zero-order valence-electron chi connectivity index (χ0n) is 36.7. The van der Waals surface area contributed by atoms with Gasteiger partial charge < -0.3 is 29.5 Å². The van der Waals surface area contributed by atoms with Gasteiger partial charge in [-0.1, -0.05) is 45.9 Å². The van der Waals surface area contributed by atoms with Crippen LogP contribution in [0, 0.1) is 36.0 Å². The van der Waals surface area contributed by atoms with E-state index >= 15 is 0 Å². The number of ether oxygens (including phenoxy) is 3. The summed E-state index contributed by atoms with van der Waals surface area (Å²) in [6.45, 7) is 16.0. The number of likely N-dealkylation sites (N-methyl/N-ethyl adjacent to an activating group) is 1. The molecule has 0 radical (unpaired) electrons. The maximum atomic E-state index is 13.6. The lowest BCUT2D eigenvalue weighted by Crippen LogP contribution is -2.74. The summed E-state index contributed by atoms with van der Waals surface area (Å²) in [5.41, 5.74) is 4.25. The Hall–Kier alpha value is -5.33. The number of nitrogens with zero attached hydrogens (tertiary/aromatic N) is 4. The average Bonchev–Trinajstić information content (AvgIpc) is 3.45. The number of amides is 4. The summed E-state index contributed by atoms with van der Waals surface area (Å²) in [7, 11) is 2.13. The van der Waals surface area contributed by atoms with Crippen LogP contribution in [0.25, 0.3) is 0 Å². The Morgan fingerprint density at radius 3 is 2.35 bits per heavy atom. The van der Waals surface area contributed by atoms with Gasteiger partial charge in [-0.15, -0.1) is 0 Å². The molecule has 62 heavy (non-hydrogen) atoms. The van der Waals surface area contributed by atoms with Crippen molar-refractivity contribution in [3.63, 3.8) is 0 Å². The molecule has 0 aromatic heterocycles. The molecular formula is C48H58N6O8. The number of fused-ring (bicyclic) bond motifs is 1. The molecule has 5 aliphatic rings. The average molecular weight is 847 g/mol. The summed E-state index contributed by atoms with van der Waals surface area (Å²) < 4.78 is 18.8. The van der Waals surface area contributed by atoms with E-state index < -0.39 is 24.1 Å². The predicted octanol–water partition coefficient (Wildman–Crippen LogP) is 4.78. The first-order valence-electron chi connectivity index (χ1n) is 21.7. The monoisotopic (exact) mass is 846 g/mol. The molecule has 3 N–H and O–H groups in total. The number of morpholine rings is 1. The number of benzene rings is 3. The summed E-state index contributed by atoms with van der Waals surface area (Å²) in [6.07, 6.45) is 0.485. The van der Waals surface area contributed by atoms with E-state index in [4.69, 9.17) is 14.2 Å². The lowest BCUT2D eigenvalue weighted by molar-refractivity contribution is -0.164. The standard InChI is InChI=1S/C48H58N6O8/c1-27-18-34(19-28(2)38(27)23-49)62-46-47(3,4)45(48(46,5)6)51-41(56)30-10-8-29(9-11-30)24-53-16-17-60-26-32(53)25-52(7)31-20-35(21-31)61-33-12-13-36-37(22-33)44(59)54(43(36)58)39-14-15-40(55)50-42(39)57/h8-13,18-19,22,31-32,35,39,43,45-46,58H,14-17,20-21,24-26H2,1-7H3,(H,51,56)(H,50,55,57)/t31?,32-,35?,39?,43?,45?,46?/m0/s1. The molecule has 328 valence electrons. The van der Waals surface area contributed by atoms with Gasteiger partial charge in [0.2, 0.25) is 11.8 Å². The van der Waals surface area contributed by atoms with Crippen LogP contribution in [0.1, 0.15) is 108 Å². The first-order valence-corrected chi connectivity index (χ1v) is 21.7. The Balaban J connectivity index is 0.813. The van der Waals surface area contributed by atoms with Crippen LogP contribution >= 0.6 is 0 Å². The SMILES string of the molecule is Cc1cc(OC2C(C)(C)C(NC(=O)c3ccc(CN4CCOC[C@@H]4CN(C)C4CC(Oc5ccc6c(c5)C(=O)N(C5CCC(=O)NC5=O)C6O)C4)cc3)C2(C)C)cc(C)c1C#N. The van der Waals surface area contributed by atoms with Gasteiger partial charge in [-0.3, -0.25) is 34.3 Å². The molecule has 0 bridgehead atoms. The Kier molecular flexibility index (Phi) is 11.7. The van der Waals surface area contributed by atoms with E-state index in [1.807, 2.05) is 50.2 Å². The fourth-order valence-electron chi connectivity index (χ4n) is 10.7. The Bertz CT molecular complexity index is 2260. The summed E-state index contributed by atoms with van der Waals surface area (Å²) in [4.78, 5) is 57.1. The highest BCUT2D eigenvalue weighted by atomic mass is 16.5. The molecule has 0 spiro atoms. The second-order valence-electron chi connectivity index (χ2n) is 19.1. The molecule has 3 aromatic rings. The van der Waals surface area contributed by atoms with Gasteiger partial charge in [0.1, 0.15) is 29.7 Å². The number of hydrogen-bond acceptors (Lipinski definition) is 11. The molecule has 4 amide bonds. The van der Waals surface area contributed by atoms with Crippen LogP contribution in [0.15, 0.2) is 54.6 Å². The van der Waals surface area contributed by atoms with E-state index in [0.717, 1.165) is 59.8 Å². The second kappa shape index (κ2) is 16.7. The summed E-state index contributed by atoms with van der Waals surface area (Å²) in [5.74, 6) is -0.249. The van der Waals surface area contributed by atoms with Crippen molar-refractivity contribution in [1.29, 1.82) is 5.26 Å². The topological polar surface area (TPSA) is 174 Å². The van der Waals surface area contributed by atoms with Crippen molar-refractivity contribution < 1.29 is 38.5 Å². The smallest absolute Gasteiger partial charge is 0.257 e. The highest BCUT2D eigenvalue weighted by molar-refractivity contribution is 6.05. The van der Waals surface area contributed by atoms with Crippen molar-refractivity contribution >= 4 is 23.6 Å². The quantitative estimate of drug-likeness (QED) is 0.214. The molecule has 3 atom stereocenters. The molecule has 14 heteroatoms. The van der Waals surface area contributed by atoms with E-state index in [9.17, 15) is 29.5 Å². The number of aryl methyl sites for hydroxylation is 2. The van der Waals surface area contributed by atoms with Gasteiger partial charge in [-0.2, -0.15) is 5.26 Å². The summed E-state index contributed by atoms with van der Waals surface area (Å²) in [6, 6.07) is 18.5. The van der Waals surface area contributed by atoms with Crippen LogP contribution in [0.5, 0.6) is 11.5 Å². The van der Waals surface area contributed by atoms with Gasteiger partial charge in [0.05, 0.1) is 30.4 Å². The zero-order chi connectivity index (χ0) is 44.2. The van der Waals surface area contributed by atoms with Crippen LogP contribution in [0.4, 0.5) is 0 Å². The highest BCUT2D eigenvalue weighted by Gasteiger charge is 2.64. The Morgan fingerprint density at radius 1 is 1.00 bits per heavy atom. The van der Waals surface area contributed by atoms with Crippen LogP contribution in [0.2, 0.25) is 0 Å². The van der Waals surface area contributed by atoms with Crippen molar-refractivity contribution in [2.75, 3.05) is 33.4 Å². The van der Waals surface area contributed by atoms with Crippen molar-refractivity contribution in [2.45, 2.75) is 116 Å². The molecule has 4 fully saturated rings. The lowest BCUT2D eigenvalue weighted by atomic mass is 9.49. The van der Waals surface area contributed by atoms with Crippen LogP contribution in [0.3, 0.4) is 0 Å². The molecule has 2 aliphatic carbocycles. The van der Waals surface area contributed by atoms with E-state index in [1.165, 1.54) is 0 Å². The van der Waals surface area contributed by atoms with Crippen LogP contribution in [-0.4, -0.2) is 113 Å². The van der Waals surface area contributed by atoms with Gasteiger partial charge in [0.15, 0.2) is 6.23 Å². The number of nitrogens with one attached hydrogen (secondary N) is 2. The number of carbonyl (C=O) groups excluding carboxylic acids is 4. The van der Waals surface area contributed by atoms with Gasteiger partial charge in [0, 0.05) is 79.0 Å². The lowest BCUT2D eigenvalue weighted by Gasteiger charge is -2.63. The summed E-state index contributed by atoms with van der Waals surface area (Å²) >= 11 is 0. The molecule has 14 nitrogen and oxygen atoms in total. The normalized spacial score (nSPS) is 27.7. The van der Waals surface area contributed by atoms with Gasteiger partial charge in [-0.05, 0) is 80.4 Å². The Morgan fingerprint density at radius 2 is 1.69 bits per heavy atom. The van der Waals surface area contributed by atoms with E-state index in [1.54, 1.807) is 18.2 Å². The van der Waals surface area contributed by atoms with Crippen molar-refractivity contribution in [3.05, 3.63) is 93.5 Å². The maximum absolute atomic E-state index is 13.6. The van der Waals surface area contributed by atoms with Crippen molar-refractivity contribution in [1.82, 2.24) is 25.3 Å². The molecular weight excluding hydrogens is 789 g/mol. The number of piperidine rings is 1. The maximum Gasteiger partial charge on any atom is 0.257 e. The fourth-order valence-corrected chi connectivity index (χ4v) is 10.7. The molecule has 2 unspecified atom stereocenters. The number of nitriles is 1. The van der Waals surface area contributed by atoms with E-state index in [-0.39, 0.29) is 59.8 Å². The number of hydrogen-bond donors (Lipinski definition) is 3. The highest BCUT2D eigenvalue weighted by Crippen LogP contribution is 2.55. The molecule has 3 heterocycles. The van der Waals surface area contributed by atoms with E-state index in [0.29, 0.717) is 47.3 Å². The van der Waals surface area contributed by atoms with Gasteiger partial charge in [0.25, 0.3) is 11.8 Å². The minimum Gasteiger partial charge on any atom is -0.490 e. The molecule has 2 saturated heterocycles. The van der Waals surface area contributed by atoms with Crippen LogP contribution in [-0.2, 0) is 20.9 Å². The van der Waals surface area contributed by atoms with Gasteiger partial charge >= 0.3 is 0 Å². The number of aliphatic hydroxyl groups is 1. The minimum absolute atomic E-state index is 0.0265. The largest absolute Gasteiger partial charge is 0.490 e. The summed E-state index contributed by atoms with van der Waals surface area (Å²) in [5, 5.41) is 26.0. The predicted molar refractivity (Wildman–Crippen MR) is 229 cm³/mol. The fraction of sp³-hybridized carbons (Fsp3) is 0.521. The minimum atomic E-state index is -1.27. The third-order valence-electron chi connectivity index (χ3n) is 14.0. The van der Waals surface area contributed by atoms with E-state index in [2.05, 4.69) is 61.2 Å². The molecule has 8 rings (SSSR count).